The third-order valence-electron chi connectivity index (χ3n) is 3.79. The number of benzene rings is 2. The summed E-state index contributed by atoms with van der Waals surface area (Å²) < 4.78 is 0. The number of carbonyl (C=O) groups is 1. The van der Waals surface area contributed by atoms with E-state index in [-0.39, 0.29) is 0 Å². The molecule has 0 unspecified atom stereocenters. The second-order valence-electron chi connectivity index (χ2n) is 5.61. The van der Waals surface area contributed by atoms with Crippen molar-refractivity contribution in [2.75, 3.05) is 13.3 Å². The Hall–Kier alpha value is -2.04. The van der Waals surface area contributed by atoms with Crippen LogP contribution in [0.5, 0.6) is 0 Å². The van der Waals surface area contributed by atoms with E-state index >= 15 is 0 Å². The fourth-order valence-corrected chi connectivity index (χ4v) is 3.05. The second kappa shape index (κ2) is 9.30. The number of hydroxylamine groups is 2. The van der Waals surface area contributed by atoms with Crippen LogP contribution in [0.3, 0.4) is 0 Å². The Morgan fingerprint density at radius 3 is 2.50 bits per heavy atom. The summed E-state index contributed by atoms with van der Waals surface area (Å²) in [4.78, 5) is 12.6. The molecule has 0 aliphatic rings. The van der Waals surface area contributed by atoms with Crippen LogP contribution in [-0.2, 0) is 17.6 Å². The molecule has 1 N–H and O–H groups in total. The van der Waals surface area contributed by atoms with E-state index in [0.29, 0.717) is 5.06 Å². The molecule has 2 aromatic rings. The quantitative estimate of drug-likeness (QED) is 0.350. The van der Waals surface area contributed by atoms with Crippen LogP contribution in [0.4, 0.5) is 0 Å². The van der Waals surface area contributed by atoms with E-state index in [1.807, 2.05) is 12.3 Å². The normalized spacial score (nSPS) is 11.0. The number of hydrogen-bond donors (Lipinski definition) is 1. The summed E-state index contributed by atoms with van der Waals surface area (Å²) in [6.45, 7) is 0. The second-order valence-corrected chi connectivity index (χ2v) is 6.46. The number of nitrogens with zero attached hydrogens (tertiary/aromatic N) is 1. The van der Waals surface area contributed by atoms with Gasteiger partial charge >= 0.3 is 0 Å². The van der Waals surface area contributed by atoms with E-state index in [1.54, 1.807) is 17.8 Å². The summed E-state index contributed by atoms with van der Waals surface area (Å²) >= 11 is 1.65. The van der Waals surface area contributed by atoms with Crippen molar-refractivity contribution >= 4 is 23.7 Å². The van der Waals surface area contributed by atoms with Gasteiger partial charge in [0.15, 0.2) is 0 Å². The smallest absolute Gasteiger partial charge is 0.269 e. The molecule has 2 rings (SSSR count). The van der Waals surface area contributed by atoms with Crippen molar-refractivity contribution in [2.24, 2.45) is 0 Å². The van der Waals surface area contributed by atoms with Crippen molar-refractivity contribution in [2.45, 2.75) is 24.2 Å². The van der Waals surface area contributed by atoms with Crippen LogP contribution in [0, 0.1) is 0 Å². The molecule has 3 nitrogen and oxygen atoms in total. The molecule has 0 radical (unpaired) electrons. The summed E-state index contributed by atoms with van der Waals surface area (Å²) in [5, 5.41) is 9.71. The Bertz CT molecular complexity index is 696. The van der Waals surface area contributed by atoms with Gasteiger partial charge in [0.25, 0.3) is 5.91 Å². The van der Waals surface area contributed by atoms with Gasteiger partial charge in [-0.1, -0.05) is 42.5 Å². The van der Waals surface area contributed by atoms with Gasteiger partial charge in [0.1, 0.15) is 0 Å². The van der Waals surface area contributed by atoms with Crippen LogP contribution in [-0.4, -0.2) is 29.5 Å². The average molecular weight is 341 g/mol. The maximum Gasteiger partial charge on any atom is 0.269 e. The van der Waals surface area contributed by atoms with E-state index in [9.17, 15) is 4.79 Å². The van der Waals surface area contributed by atoms with Gasteiger partial charge in [-0.15, -0.1) is 11.8 Å². The van der Waals surface area contributed by atoms with E-state index in [2.05, 4.69) is 42.5 Å². The van der Waals surface area contributed by atoms with Crippen LogP contribution in [0.2, 0.25) is 0 Å². The minimum Gasteiger partial charge on any atom is -0.286 e. The number of hydrogen-bond acceptors (Lipinski definition) is 3. The van der Waals surface area contributed by atoms with Crippen LogP contribution in [0.1, 0.15) is 23.1 Å². The number of aryl methyl sites for hydroxylation is 2. The molecule has 0 heterocycles. The Morgan fingerprint density at radius 1 is 1.12 bits per heavy atom. The highest BCUT2D eigenvalue weighted by molar-refractivity contribution is 7.98. The maximum absolute atomic E-state index is 11.5. The molecule has 0 bridgehead atoms. The summed E-state index contributed by atoms with van der Waals surface area (Å²) in [7, 11) is 1.32. The van der Waals surface area contributed by atoms with E-state index in [1.165, 1.54) is 24.3 Å². The SMILES string of the molecule is CSc1ccc(CCCc2ccccc2)cc1/C=C/C(=O)N(C)O. The third-order valence-corrected chi connectivity index (χ3v) is 4.60. The highest BCUT2D eigenvalue weighted by Gasteiger charge is 2.04. The van der Waals surface area contributed by atoms with Crippen LogP contribution < -0.4 is 0 Å². The zero-order valence-electron chi connectivity index (χ0n) is 14.1. The number of carbonyl (C=O) groups excluding carboxylic acids is 1. The maximum atomic E-state index is 11.5. The molecule has 0 atom stereocenters. The first-order valence-corrected chi connectivity index (χ1v) is 9.18. The molecule has 0 saturated heterocycles. The van der Waals surface area contributed by atoms with E-state index < -0.39 is 5.91 Å². The average Bonchev–Trinajstić information content (AvgIpc) is 2.60. The van der Waals surface area contributed by atoms with Gasteiger partial charge in [-0.2, -0.15) is 0 Å². The van der Waals surface area contributed by atoms with Crippen molar-refractivity contribution in [3.8, 4) is 0 Å². The van der Waals surface area contributed by atoms with Gasteiger partial charge in [-0.05, 0) is 54.4 Å². The summed E-state index contributed by atoms with van der Waals surface area (Å²) in [5.74, 6) is -0.434. The lowest BCUT2D eigenvalue weighted by atomic mass is 10.0. The van der Waals surface area contributed by atoms with Crippen molar-refractivity contribution in [1.82, 2.24) is 5.06 Å². The van der Waals surface area contributed by atoms with Gasteiger partial charge in [0, 0.05) is 18.0 Å². The number of amides is 1. The number of rotatable bonds is 7. The molecule has 0 fully saturated rings. The lowest BCUT2D eigenvalue weighted by Crippen LogP contribution is -2.19. The first kappa shape index (κ1) is 18.3. The largest absolute Gasteiger partial charge is 0.286 e. The molecule has 1 amide bonds. The van der Waals surface area contributed by atoms with Crippen molar-refractivity contribution in [3.63, 3.8) is 0 Å². The standard InChI is InChI=1S/C20H23NO2S/c1-21(23)20(22)14-12-18-15-17(11-13-19(18)24-2)10-6-9-16-7-4-3-5-8-16/h3-5,7-8,11-15,23H,6,9-10H2,1-2H3/b14-12+. The first-order chi connectivity index (χ1) is 11.6. The Kier molecular flexibility index (Phi) is 7.09. The minimum absolute atomic E-state index is 0.434. The highest BCUT2D eigenvalue weighted by atomic mass is 32.2. The minimum atomic E-state index is -0.434. The summed E-state index contributed by atoms with van der Waals surface area (Å²) in [6, 6.07) is 16.8. The molecule has 0 aliphatic carbocycles. The zero-order chi connectivity index (χ0) is 17.4. The summed E-state index contributed by atoms with van der Waals surface area (Å²) in [6.07, 6.45) is 8.32. The predicted molar refractivity (Wildman–Crippen MR) is 100 cm³/mol. The molecule has 0 saturated carbocycles. The molecular weight excluding hydrogens is 318 g/mol. The number of likely N-dealkylation sites (N-methyl/N-ethyl adjacent to an activating group) is 1. The Labute approximate surface area is 148 Å². The monoisotopic (exact) mass is 341 g/mol. The van der Waals surface area contributed by atoms with Crippen molar-refractivity contribution in [3.05, 3.63) is 71.3 Å². The molecule has 24 heavy (non-hydrogen) atoms. The Balaban J connectivity index is 2.03. The fourth-order valence-electron chi connectivity index (χ4n) is 2.48. The van der Waals surface area contributed by atoms with Crippen molar-refractivity contribution < 1.29 is 10.0 Å². The van der Waals surface area contributed by atoms with Gasteiger partial charge < -0.3 is 0 Å². The molecule has 0 spiro atoms. The van der Waals surface area contributed by atoms with Crippen LogP contribution >= 0.6 is 11.8 Å². The van der Waals surface area contributed by atoms with Gasteiger partial charge in [0.2, 0.25) is 0 Å². The predicted octanol–water partition coefficient (Wildman–Crippen LogP) is 4.44. The molecule has 4 heteroatoms. The highest BCUT2D eigenvalue weighted by Crippen LogP contribution is 2.24. The molecular formula is C20H23NO2S. The fraction of sp³-hybridized carbons (Fsp3) is 0.250. The third kappa shape index (κ3) is 5.55. The van der Waals surface area contributed by atoms with Gasteiger partial charge in [-0.25, -0.2) is 5.06 Å². The van der Waals surface area contributed by atoms with Crippen molar-refractivity contribution in [1.29, 1.82) is 0 Å². The van der Waals surface area contributed by atoms with E-state index in [4.69, 9.17) is 5.21 Å². The lowest BCUT2D eigenvalue weighted by Gasteiger charge is -2.08. The van der Waals surface area contributed by atoms with Gasteiger partial charge in [0.05, 0.1) is 0 Å². The zero-order valence-corrected chi connectivity index (χ0v) is 14.9. The summed E-state index contributed by atoms with van der Waals surface area (Å²) in [5.41, 5.74) is 3.62. The molecule has 0 aliphatic heterocycles. The van der Waals surface area contributed by atoms with E-state index in [0.717, 1.165) is 29.7 Å². The molecule has 126 valence electrons. The van der Waals surface area contributed by atoms with Crippen LogP contribution in [0.25, 0.3) is 6.08 Å². The lowest BCUT2D eigenvalue weighted by molar-refractivity contribution is -0.153. The van der Waals surface area contributed by atoms with Crippen LogP contribution in [0.15, 0.2) is 59.5 Å². The van der Waals surface area contributed by atoms with Gasteiger partial charge in [-0.3, -0.25) is 10.0 Å². The number of thioether (sulfide) groups is 1. The molecule has 2 aromatic carbocycles. The topological polar surface area (TPSA) is 40.5 Å². The molecule has 0 aromatic heterocycles. The Morgan fingerprint density at radius 2 is 1.83 bits per heavy atom. The first-order valence-electron chi connectivity index (χ1n) is 7.95.